The summed E-state index contributed by atoms with van der Waals surface area (Å²) < 4.78 is 0. The first-order valence-electron chi connectivity index (χ1n) is 3.45. The number of nitrogens with two attached hydrogens (primary N) is 1. The van der Waals surface area contributed by atoms with Gasteiger partial charge in [0.15, 0.2) is 11.5 Å². The number of benzene rings is 1. The van der Waals surface area contributed by atoms with Crippen molar-refractivity contribution >= 4 is 45.5 Å². The van der Waals surface area contributed by atoms with E-state index in [1.807, 2.05) is 0 Å². The van der Waals surface area contributed by atoms with Crippen LogP contribution in [0.1, 0.15) is 5.56 Å². The molecule has 0 saturated heterocycles. The van der Waals surface area contributed by atoms with E-state index in [2.05, 4.69) is 0 Å². The minimum Gasteiger partial charge on any atom is -0.504 e. The Morgan fingerprint density at radius 1 is 1.17 bits per heavy atom. The predicted molar refractivity (Wildman–Crippen MR) is 48.3 cm³/mol. The predicted octanol–water partition coefficient (Wildman–Crippen LogP) is 0.218. The van der Waals surface area contributed by atoms with Gasteiger partial charge in [-0.15, -0.1) is 0 Å². The van der Waals surface area contributed by atoms with Crippen molar-refractivity contribution in [1.82, 2.24) is 0 Å². The summed E-state index contributed by atoms with van der Waals surface area (Å²) in [5.74, 6) is -0.179. The van der Waals surface area contributed by atoms with Gasteiger partial charge in [0.1, 0.15) is 0 Å². The van der Waals surface area contributed by atoms with E-state index in [0.717, 1.165) is 5.56 Å². The molecule has 0 amide bonds. The van der Waals surface area contributed by atoms with Gasteiger partial charge in [-0.25, -0.2) is 0 Å². The third-order valence-electron chi connectivity index (χ3n) is 1.47. The monoisotopic (exact) mass is 241 g/mol. The van der Waals surface area contributed by atoms with Crippen LogP contribution >= 0.6 is 0 Å². The Bertz CT molecular complexity index is 253. The van der Waals surface area contributed by atoms with Crippen LogP contribution < -0.4 is 5.73 Å². The van der Waals surface area contributed by atoms with Gasteiger partial charge in [0, 0.05) is 45.5 Å². The molecule has 0 unspecified atom stereocenters. The fourth-order valence-electron chi connectivity index (χ4n) is 0.891. The summed E-state index contributed by atoms with van der Waals surface area (Å²) in [5.41, 5.74) is 6.24. The van der Waals surface area contributed by atoms with Crippen LogP contribution in [0.4, 0.5) is 0 Å². The van der Waals surface area contributed by atoms with E-state index in [4.69, 9.17) is 15.9 Å². The van der Waals surface area contributed by atoms with Gasteiger partial charge in [-0.1, -0.05) is 6.07 Å². The Balaban J connectivity index is 0.00000121. The van der Waals surface area contributed by atoms with Gasteiger partial charge in [-0.3, -0.25) is 0 Å². The van der Waals surface area contributed by atoms with E-state index in [1.54, 1.807) is 6.07 Å². The van der Waals surface area contributed by atoms with Gasteiger partial charge in [-0.05, 0) is 30.7 Å². The molecule has 3 nitrogen and oxygen atoms in total. The molecular formula is C8H11NO2Sr. The van der Waals surface area contributed by atoms with Gasteiger partial charge >= 0.3 is 0 Å². The molecule has 0 aromatic heterocycles. The molecule has 62 valence electrons. The fourth-order valence-corrected chi connectivity index (χ4v) is 0.891. The summed E-state index contributed by atoms with van der Waals surface area (Å²) in [6.45, 7) is 0.546. The average molecular weight is 241 g/mol. The van der Waals surface area contributed by atoms with Crippen molar-refractivity contribution in [1.29, 1.82) is 0 Å². The Hall–Kier alpha value is 0.261. The summed E-state index contributed by atoms with van der Waals surface area (Å²) in [5, 5.41) is 18.0. The van der Waals surface area contributed by atoms with E-state index in [-0.39, 0.29) is 57.0 Å². The van der Waals surface area contributed by atoms with Crippen molar-refractivity contribution in [2.75, 3.05) is 6.54 Å². The number of phenolic OH excluding ortho intramolecular Hbond substituents is 2. The number of aromatic hydroxyl groups is 2. The minimum atomic E-state index is -0.0919. The maximum Gasteiger partial charge on any atom is 0.157 e. The molecule has 1 aromatic carbocycles. The van der Waals surface area contributed by atoms with Gasteiger partial charge in [-0.2, -0.15) is 0 Å². The molecule has 0 heterocycles. The molecule has 0 aliphatic rings. The summed E-state index contributed by atoms with van der Waals surface area (Å²) in [6, 6.07) is 4.71. The second-order valence-corrected chi connectivity index (χ2v) is 2.36. The topological polar surface area (TPSA) is 66.5 Å². The van der Waals surface area contributed by atoms with E-state index >= 15 is 0 Å². The summed E-state index contributed by atoms with van der Waals surface area (Å²) in [6.07, 6.45) is 0.716. The summed E-state index contributed by atoms with van der Waals surface area (Å²) in [7, 11) is 0. The molecule has 0 bridgehead atoms. The number of phenols is 2. The zero-order valence-electron chi connectivity index (χ0n) is 6.83. The van der Waals surface area contributed by atoms with Gasteiger partial charge in [0.2, 0.25) is 0 Å². The molecule has 0 aliphatic carbocycles. The second-order valence-electron chi connectivity index (χ2n) is 2.36. The fraction of sp³-hybridized carbons (Fsp3) is 0.250. The molecule has 4 heteroatoms. The third kappa shape index (κ3) is 3.33. The molecule has 4 N–H and O–H groups in total. The van der Waals surface area contributed by atoms with Crippen molar-refractivity contribution in [3.05, 3.63) is 23.8 Å². The van der Waals surface area contributed by atoms with E-state index < -0.39 is 0 Å². The molecule has 0 fully saturated rings. The summed E-state index contributed by atoms with van der Waals surface area (Å²) >= 11 is 0. The Labute approximate surface area is 108 Å². The van der Waals surface area contributed by atoms with Crippen molar-refractivity contribution in [2.24, 2.45) is 5.73 Å². The zero-order chi connectivity index (χ0) is 8.27. The maximum atomic E-state index is 9.04. The number of hydrogen-bond acceptors (Lipinski definition) is 3. The van der Waals surface area contributed by atoms with Gasteiger partial charge in [0.05, 0.1) is 0 Å². The minimum absolute atomic E-state index is 0. The SMILES string of the molecule is NCCc1ccc(O)c(O)c1.[Sr]. The smallest absolute Gasteiger partial charge is 0.157 e. The quantitative estimate of drug-likeness (QED) is 0.512. The van der Waals surface area contributed by atoms with E-state index in [0.29, 0.717) is 13.0 Å². The normalized spacial score (nSPS) is 9.08. The number of hydrogen-bond donors (Lipinski definition) is 3. The molecule has 2 radical (unpaired) electrons. The molecule has 0 saturated carbocycles. The zero-order valence-corrected chi connectivity index (χ0v) is 10.3. The molecule has 0 atom stereocenters. The molecule has 1 rings (SSSR count). The third-order valence-corrected chi connectivity index (χ3v) is 1.47. The van der Waals surface area contributed by atoms with Crippen LogP contribution in [0.2, 0.25) is 0 Å². The van der Waals surface area contributed by atoms with Crippen molar-refractivity contribution < 1.29 is 10.2 Å². The number of rotatable bonds is 2. The standard InChI is InChI=1S/C8H11NO2.Sr/c9-4-3-6-1-2-7(10)8(11)5-6;/h1-2,5,10-11H,3-4,9H2;. The van der Waals surface area contributed by atoms with Gasteiger partial charge < -0.3 is 15.9 Å². The molecule has 0 spiro atoms. The molecule has 0 aliphatic heterocycles. The van der Waals surface area contributed by atoms with Crippen molar-refractivity contribution in [3.63, 3.8) is 0 Å². The first-order chi connectivity index (χ1) is 5.24. The Morgan fingerprint density at radius 2 is 1.83 bits per heavy atom. The van der Waals surface area contributed by atoms with Crippen LogP contribution in [0, 0.1) is 0 Å². The van der Waals surface area contributed by atoms with E-state index in [1.165, 1.54) is 12.1 Å². The first kappa shape index (κ1) is 12.3. The maximum absolute atomic E-state index is 9.04. The van der Waals surface area contributed by atoms with Crippen LogP contribution in [0.3, 0.4) is 0 Å². The molecular weight excluding hydrogens is 230 g/mol. The van der Waals surface area contributed by atoms with Crippen LogP contribution in [-0.2, 0) is 6.42 Å². The van der Waals surface area contributed by atoms with Crippen LogP contribution in [-0.4, -0.2) is 62.2 Å². The molecule has 12 heavy (non-hydrogen) atoms. The van der Waals surface area contributed by atoms with Crippen LogP contribution in [0.5, 0.6) is 11.5 Å². The van der Waals surface area contributed by atoms with Crippen LogP contribution in [0.25, 0.3) is 0 Å². The Morgan fingerprint density at radius 3 is 2.33 bits per heavy atom. The average Bonchev–Trinajstić information content (AvgIpc) is 1.98. The van der Waals surface area contributed by atoms with E-state index in [9.17, 15) is 0 Å². The van der Waals surface area contributed by atoms with Crippen molar-refractivity contribution in [3.8, 4) is 11.5 Å². The van der Waals surface area contributed by atoms with Gasteiger partial charge in [0.25, 0.3) is 0 Å². The Kier molecular flexibility index (Phi) is 5.96. The largest absolute Gasteiger partial charge is 0.504 e. The second kappa shape index (κ2) is 5.83. The summed E-state index contributed by atoms with van der Waals surface area (Å²) in [4.78, 5) is 0. The van der Waals surface area contributed by atoms with Crippen LogP contribution in [0.15, 0.2) is 18.2 Å². The molecule has 1 aromatic rings. The van der Waals surface area contributed by atoms with Crippen molar-refractivity contribution in [2.45, 2.75) is 6.42 Å². The first-order valence-corrected chi connectivity index (χ1v) is 3.45.